The summed E-state index contributed by atoms with van der Waals surface area (Å²) in [4.78, 5) is 11.2. The first-order chi connectivity index (χ1) is 7.41. The number of aryl methyl sites for hydroxylation is 2. The predicted molar refractivity (Wildman–Crippen MR) is 66.4 cm³/mol. The molecule has 0 aliphatic carbocycles. The van der Waals surface area contributed by atoms with Gasteiger partial charge < -0.3 is 4.74 Å². The Morgan fingerprint density at radius 2 is 1.81 bits per heavy atom. The van der Waals surface area contributed by atoms with Crippen LogP contribution in [0.15, 0.2) is 12.1 Å². The van der Waals surface area contributed by atoms with Gasteiger partial charge in [-0.25, -0.2) is 0 Å². The van der Waals surface area contributed by atoms with Crippen LogP contribution in [0, 0.1) is 19.8 Å². The number of benzene rings is 1. The van der Waals surface area contributed by atoms with Gasteiger partial charge in [-0.3, -0.25) is 4.79 Å². The molecule has 0 saturated carbocycles. The first-order valence-electron chi connectivity index (χ1n) is 5.35. The van der Waals surface area contributed by atoms with Gasteiger partial charge in [-0.05, 0) is 54.6 Å². The van der Waals surface area contributed by atoms with Gasteiger partial charge in [0.05, 0.1) is 6.61 Å². The van der Waals surface area contributed by atoms with E-state index in [1.807, 2.05) is 26.0 Å². The fourth-order valence-electron chi connectivity index (χ4n) is 1.58. The molecule has 0 aromatic heterocycles. The molecule has 2 nitrogen and oxygen atoms in total. The van der Waals surface area contributed by atoms with Crippen LogP contribution in [-0.4, -0.2) is 11.8 Å². The Kier molecular flexibility index (Phi) is 4.36. The summed E-state index contributed by atoms with van der Waals surface area (Å²) in [6.07, 6.45) is 0. The van der Waals surface area contributed by atoms with Crippen molar-refractivity contribution in [1.29, 1.82) is 0 Å². The monoisotopic (exact) mass is 240 g/mol. The second-order valence-electron chi connectivity index (χ2n) is 4.41. The van der Waals surface area contributed by atoms with Crippen molar-refractivity contribution < 1.29 is 9.53 Å². The quantitative estimate of drug-likeness (QED) is 0.750. The normalized spacial score (nSPS) is 10.6. The fraction of sp³-hybridized carbons (Fsp3) is 0.462. The average Bonchev–Trinajstić information content (AvgIpc) is 2.12. The summed E-state index contributed by atoms with van der Waals surface area (Å²) in [7, 11) is 0. The molecule has 0 bridgehead atoms. The zero-order chi connectivity index (χ0) is 12.3. The maximum absolute atomic E-state index is 11.2. The fourth-order valence-corrected chi connectivity index (χ4v) is 1.88. The molecular weight excluding hydrogens is 224 g/mol. The molecule has 1 aromatic carbocycles. The summed E-state index contributed by atoms with van der Waals surface area (Å²) in [5, 5.41) is -0.412. The smallest absolute Gasteiger partial charge is 0.252 e. The minimum atomic E-state index is -0.412. The molecule has 0 unspecified atom stereocenters. The molecule has 88 valence electrons. The molecule has 3 heteroatoms. The van der Waals surface area contributed by atoms with Gasteiger partial charge in [0.15, 0.2) is 0 Å². The Hall–Kier alpha value is -1.02. The number of hydrogen-bond donors (Lipinski definition) is 0. The Morgan fingerprint density at radius 1 is 1.31 bits per heavy atom. The highest BCUT2D eigenvalue weighted by atomic mass is 35.5. The van der Waals surface area contributed by atoms with E-state index in [0.29, 0.717) is 18.1 Å². The van der Waals surface area contributed by atoms with E-state index < -0.39 is 5.24 Å². The highest BCUT2D eigenvalue weighted by Crippen LogP contribution is 2.23. The molecule has 0 spiro atoms. The van der Waals surface area contributed by atoms with Gasteiger partial charge in [-0.2, -0.15) is 0 Å². The Morgan fingerprint density at radius 3 is 2.19 bits per heavy atom. The molecule has 0 atom stereocenters. The maximum atomic E-state index is 11.2. The van der Waals surface area contributed by atoms with Crippen LogP contribution in [0.25, 0.3) is 0 Å². The van der Waals surface area contributed by atoms with Gasteiger partial charge in [0.2, 0.25) is 0 Å². The van der Waals surface area contributed by atoms with Crippen molar-refractivity contribution in [3.8, 4) is 5.75 Å². The zero-order valence-electron chi connectivity index (χ0n) is 10.1. The van der Waals surface area contributed by atoms with Crippen LogP contribution >= 0.6 is 11.6 Å². The van der Waals surface area contributed by atoms with Gasteiger partial charge >= 0.3 is 0 Å². The molecule has 0 aliphatic rings. The van der Waals surface area contributed by atoms with Crippen molar-refractivity contribution in [3.63, 3.8) is 0 Å². The number of halogens is 1. The largest absolute Gasteiger partial charge is 0.493 e. The summed E-state index contributed by atoms with van der Waals surface area (Å²) in [5.74, 6) is 1.28. The Labute approximate surface area is 102 Å². The SMILES string of the molecule is Cc1cc(OCC(C)C)cc(C)c1C(=O)Cl. The molecular formula is C13H17ClO2. The van der Waals surface area contributed by atoms with Crippen LogP contribution in [0.2, 0.25) is 0 Å². The van der Waals surface area contributed by atoms with Crippen molar-refractivity contribution in [2.75, 3.05) is 6.61 Å². The van der Waals surface area contributed by atoms with E-state index in [4.69, 9.17) is 16.3 Å². The van der Waals surface area contributed by atoms with Crippen LogP contribution in [0.3, 0.4) is 0 Å². The molecule has 0 N–H and O–H groups in total. The number of ether oxygens (including phenoxy) is 1. The minimum absolute atomic E-state index is 0.412. The van der Waals surface area contributed by atoms with Gasteiger partial charge in [0.25, 0.3) is 5.24 Å². The second-order valence-corrected chi connectivity index (χ2v) is 4.75. The molecule has 0 amide bonds. The van der Waals surface area contributed by atoms with E-state index in [0.717, 1.165) is 16.9 Å². The third-order valence-corrected chi connectivity index (χ3v) is 2.48. The standard InChI is InChI=1S/C13H17ClO2/c1-8(2)7-16-11-5-9(3)12(13(14)15)10(4)6-11/h5-6,8H,7H2,1-4H3. The third kappa shape index (κ3) is 3.24. The molecule has 0 aliphatic heterocycles. The van der Waals surface area contributed by atoms with Crippen LogP contribution < -0.4 is 4.74 Å². The van der Waals surface area contributed by atoms with Crippen LogP contribution in [-0.2, 0) is 0 Å². The summed E-state index contributed by atoms with van der Waals surface area (Å²) in [5.41, 5.74) is 2.30. The van der Waals surface area contributed by atoms with Crippen molar-refractivity contribution in [2.45, 2.75) is 27.7 Å². The summed E-state index contributed by atoms with van der Waals surface area (Å²) in [6, 6.07) is 3.70. The molecule has 16 heavy (non-hydrogen) atoms. The Balaban J connectivity index is 2.96. The molecule has 0 heterocycles. The first kappa shape index (κ1) is 13.0. The van der Waals surface area contributed by atoms with E-state index in [-0.39, 0.29) is 0 Å². The van der Waals surface area contributed by atoms with Crippen LogP contribution in [0.1, 0.15) is 35.3 Å². The molecule has 1 rings (SSSR count). The van der Waals surface area contributed by atoms with E-state index in [1.54, 1.807) is 0 Å². The van der Waals surface area contributed by atoms with Crippen LogP contribution in [0.4, 0.5) is 0 Å². The van der Waals surface area contributed by atoms with E-state index >= 15 is 0 Å². The van der Waals surface area contributed by atoms with Crippen molar-refractivity contribution in [3.05, 3.63) is 28.8 Å². The lowest BCUT2D eigenvalue weighted by molar-refractivity contribution is 0.108. The molecule has 0 fully saturated rings. The molecule has 0 saturated heterocycles. The lowest BCUT2D eigenvalue weighted by atomic mass is 10.0. The van der Waals surface area contributed by atoms with E-state index in [9.17, 15) is 4.79 Å². The summed E-state index contributed by atoms with van der Waals surface area (Å²) in [6.45, 7) is 8.59. The highest BCUT2D eigenvalue weighted by Gasteiger charge is 2.11. The van der Waals surface area contributed by atoms with Gasteiger partial charge in [0, 0.05) is 5.56 Å². The lowest BCUT2D eigenvalue weighted by Gasteiger charge is -2.12. The predicted octanol–water partition coefficient (Wildman–Crippen LogP) is 3.72. The van der Waals surface area contributed by atoms with Crippen molar-refractivity contribution >= 4 is 16.8 Å². The number of carbonyl (C=O) groups is 1. The second kappa shape index (κ2) is 5.35. The summed E-state index contributed by atoms with van der Waals surface area (Å²) < 4.78 is 5.61. The zero-order valence-corrected chi connectivity index (χ0v) is 10.9. The van der Waals surface area contributed by atoms with Gasteiger partial charge in [-0.15, -0.1) is 0 Å². The minimum Gasteiger partial charge on any atom is -0.493 e. The van der Waals surface area contributed by atoms with Crippen molar-refractivity contribution in [2.24, 2.45) is 5.92 Å². The topological polar surface area (TPSA) is 26.3 Å². The highest BCUT2D eigenvalue weighted by molar-refractivity contribution is 6.68. The van der Waals surface area contributed by atoms with E-state index in [2.05, 4.69) is 13.8 Å². The number of rotatable bonds is 4. The van der Waals surface area contributed by atoms with Gasteiger partial charge in [0.1, 0.15) is 5.75 Å². The van der Waals surface area contributed by atoms with E-state index in [1.165, 1.54) is 0 Å². The lowest BCUT2D eigenvalue weighted by Crippen LogP contribution is -2.06. The third-order valence-electron chi connectivity index (χ3n) is 2.29. The first-order valence-corrected chi connectivity index (χ1v) is 5.73. The number of hydrogen-bond acceptors (Lipinski definition) is 2. The molecule has 0 radical (unpaired) electrons. The van der Waals surface area contributed by atoms with Crippen molar-refractivity contribution in [1.82, 2.24) is 0 Å². The molecule has 1 aromatic rings. The van der Waals surface area contributed by atoms with Gasteiger partial charge in [-0.1, -0.05) is 13.8 Å². The number of carbonyl (C=O) groups excluding carboxylic acids is 1. The average molecular weight is 241 g/mol. The Bertz CT molecular complexity index is 374. The van der Waals surface area contributed by atoms with Crippen LogP contribution in [0.5, 0.6) is 5.75 Å². The summed E-state index contributed by atoms with van der Waals surface area (Å²) >= 11 is 5.51. The maximum Gasteiger partial charge on any atom is 0.252 e.